The van der Waals surface area contributed by atoms with Crippen molar-refractivity contribution in [2.75, 3.05) is 14.2 Å². The van der Waals surface area contributed by atoms with E-state index < -0.39 is 24.0 Å². The van der Waals surface area contributed by atoms with Gasteiger partial charge in [-0.15, -0.1) is 0 Å². The number of hydrogen-bond acceptors (Lipinski definition) is 8. The van der Waals surface area contributed by atoms with Gasteiger partial charge in [-0.1, -0.05) is 29.4 Å². The van der Waals surface area contributed by atoms with Crippen LogP contribution in [0.5, 0.6) is 0 Å². The number of hydrogen-bond donors (Lipinski definition) is 2. The molecule has 1 aromatic carbocycles. The number of carbonyl (C=O) groups excluding carboxylic acids is 1. The average Bonchev–Trinajstić information content (AvgIpc) is 3.42. The van der Waals surface area contributed by atoms with Gasteiger partial charge in [0.2, 0.25) is 0 Å². The van der Waals surface area contributed by atoms with E-state index in [0.29, 0.717) is 5.82 Å². The molecule has 0 aliphatic heterocycles. The highest BCUT2D eigenvalue weighted by molar-refractivity contribution is 5.81. The van der Waals surface area contributed by atoms with Crippen LogP contribution in [0.4, 0.5) is 8.78 Å². The predicted octanol–water partition coefficient (Wildman–Crippen LogP) is 2.70. The Morgan fingerprint density at radius 1 is 1.30 bits per heavy atom. The minimum Gasteiger partial charge on any atom is -0.467 e. The van der Waals surface area contributed by atoms with Crippen LogP contribution in [0.2, 0.25) is 0 Å². The lowest BCUT2D eigenvalue weighted by Gasteiger charge is -2.45. The van der Waals surface area contributed by atoms with Crippen LogP contribution in [-0.4, -0.2) is 54.4 Å². The third-order valence-electron chi connectivity index (χ3n) is 6.67. The molecule has 2 saturated carbocycles. The second kappa shape index (κ2) is 8.83. The molecule has 1 aromatic heterocycles. The first-order valence-corrected chi connectivity index (χ1v) is 10.8. The van der Waals surface area contributed by atoms with Gasteiger partial charge < -0.3 is 25.0 Å². The number of carbonyl (C=O) groups is 1. The third kappa shape index (κ3) is 4.24. The molecule has 0 amide bonds. The number of halogens is 2. The Hall–Kier alpha value is -2.85. The molecule has 2 aliphatic rings. The largest absolute Gasteiger partial charge is 0.467 e. The lowest BCUT2D eigenvalue weighted by Crippen LogP contribution is -2.61. The Morgan fingerprint density at radius 3 is 2.58 bits per heavy atom. The Labute approximate surface area is 190 Å². The molecular weight excluding hydrogens is 434 g/mol. The predicted molar refractivity (Wildman–Crippen MR) is 115 cm³/mol. The van der Waals surface area contributed by atoms with Crippen molar-refractivity contribution in [2.24, 2.45) is 5.73 Å². The molecule has 1 unspecified atom stereocenters. The fraction of sp³-hybridized carbons (Fsp3) is 0.522. The topological polar surface area (TPSA) is 112 Å². The molecule has 0 radical (unpaired) electrons. The quantitative estimate of drug-likeness (QED) is 0.547. The molecule has 0 saturated heterocycles. The summed E-state index contributed by atoms with van der Waals surface area (Å²) in [5.41, 5.74) is 6.86. The lowest BCUT2D eigenvalue weighted by atomic mass is 9.75. The number of nitrogens with two attached hydrogens (primary N) is 1. The van der Waals surface area contributed by atoms with Crippen molar-refractivity contribution in [2.45, 2.75) is 62.1 Å². The maximum absolute atomic E-state index is 13.7. The van der Waals surface area contributed by atoms with Crippen LogP contribution in [0.1, 0.15) is 48.5 Å². The first-order chi connectivity index (χ1) is 15.7. The molecule has 2 aliphatic carbocycles. The van der Waals surface area contributed by atoms with Gasteiger partial charge in [0.15, 0.2) is 11.4 Å². The number of benzene rings is 1. The molecular formula is C23H28F2N4O4. The van der Waals surface area contributed by atoms with Gasteiger partial charge in [-0.2, -0.15) is 4.98 Å². The summed E-state index contributed by atoms with van der Waals surface area (Å²) in [7, 11) is 2.66. The maximum Gasteiger partial charge on any atom is 0.338 e. The summed E-state index contributed by atoms with van der Waals surface area (Å²) in [4.78, 5) is 16.3. The van der Waals surface area contributed by atoms with E-state index in [1.54, 1.807) is 0 Å². The van der Waals surface area contributed by atoms with Gasteiger partial charge in [-0.3, -0.25) is 0 Å². The highest BCUT2D eigenvalue weighted by Gasteiger charge is 2.53. The molecule has 1 atom stereocenters. The molecule has 0 spiro atoms. The first-order valence-electron chi connectivity index (χ1n) is 10.8. The molecule has 3 N–H and O–H groups in total. The van der Waals surface area contributed by atoms with Gasteiger partial charge in [-0.25, -0.2) is 13.6 Å². The number of aryl methyl sites for hydroxylation is 1. The van der Waals surface area contributed by atoms with Crippen molar-refractivity contribution < 1.29 is 27.6 Å². The van der Waals surface area contributed by atoms with E-state index in [2.05, 4.69) is 15.5 Å². The summed E-state index contributed by atoms with van der Waals surface area (Å²) in [5, 5.41) is 6.93. The first kappa shape index (κ1) is 23.3. The van der Waals surface area contributed by atoms with Gasteiger partial charge >= 0.3 is 5.97 Å². The zero-order chi connectivity index (χ0) is 23.8. The molecule has 0 bridgehead atoms. The SMILES string of the molecule is COC(=O)C1(OC)CC(NC(/C=C(\N)c2nc(C3(c4ccccc4C)CC3)no2)C(F)F)C1. The second-order valence-corrected chi connectivity index (χ2v) is 8.76. The van der Waals surface area contributed by atoms with Crippen LogP contribution < -0.4 is 11.1 Å². The molecule has 33 heavy (non-hydrogen) atoms. The summed E-state index contributed by atoms with van der Waals surface area (Å²) in [6.45, 7) is 2.03. The summed E-state index contributed by atoms with van der Waals surface area (Å²) >= 11 is 0. The molecule has 2 aromatic rings. The van der Waals surface area contributed by atoms with Crippen molar-refractivity contribution in [3.8, 4) is 0 Å². The Morgan fingerprint density at radius 2 is 2.00 bits per heavy atom. The van der Waals surface area contributed by atoms with Gasteiger partial charge in [0.25, 0.3) is 12.3 Å². The summed E-state index contributed by atoms with van der Waals surface area (Å²) in [6, 6.07) is 6.29. The Balaban J connectivity index is 1.47. The number of nitrogens with zero attached hydrogens (tertiary/aromatic N) is 2. The molecule has 178 valence electrons. The zero-order valence-corrected chi connectivity index (χ0v) is 18.8. The van der Waals surface area contributed by atoms with Crippen molar-refractivity contribution >= 4 is 11.7 Å². The number of esters is 1. The molecule has 1 heterocycles. The smallest absolute Gasteiger partial charge is 0.338 e. The zero-order valence-electron chi connectivity index (χ0n) is 18.8. The van der Waals surface area contributed by atoms with Crippen LogP contribution in [0.25, 0.3) is 5.70 Å². The van der Waals surface area contributed by atoms with E-state index in [9.17, 15) is 13.6 Å². The number of ether oxygens (including phenoxy) is 2. The van der Waals surface area contributed by atoms with Crippen molar-refractivity contribution in [3.63, 3.8) is 0 Å². The van der Waals surface area contributed by atoms with Crippen LogP contribution >= 0.6 is 0 Å². The second-order valence-electron chi connectivity index (χ2n) is 8.76. The van der Waals surface area contributed by atoms with Crippen LogP contribution in [0.3, 0.4) is 0 Å². The van der Waals surface area contributed by atoms with Gasteiger partial charge in [-0.05, 0) is 37.0 Å². The van der Waals surface area contributed by atoms with Gasteiger partial charge in [0, 0.05) is 26.0 Å². The molecule has 4 rings (SSSR count). The van der Waals surface area contributed by atoms with Gasteiger partial charge in [0.1, 0.15) is 0 Å². The molecule has 8 nitrogen and oxygen atoms in total. The standard InChI is InChI=1S/C23H28F2N4O4/c1-13-6-4-5-7-15(13)22(8-9-22)20-28-19(33-29-20)16(26)10-17(18(24)25)27-14-11-23(12-14,32-3)21(30)31-2/h4-7,10,14,17-18,27H,8-9,11-12,26H2,1-3H3/b16-10-. The van der Waals surface area contributed by atoms with Gasteiger partial charge in [0.05, 0.1) is 24.3 Å². The van der Waals surface area contributed by atoms with Crippen molar-refractivity contribution in [1.82, 2.24) is 15.5 Å². The van der Waals surface area contributed by atoms with Crippen molar-refractivity contribution in [3.05, 3.63) is 53.2 Å². The van der Waals surface area contributed by atoms with E-state index in [1.165, 1.54) is 20.3 Å². The summed E-state index contributed by atoms with van der Waals surface area (Å²) in [6.07, 6.45) is 0.645. The van der Waals surface area contributed by atoms with E-state index in [1.807, 2.05) is 31.2 Å². The van der Waals surface area contributed by atoms with E-state index in [4.69, 9.17) is 19.7 Å². The summed E-state index contributed by atoms with van der Waals surface area (Å²) < 4.78 is 42.8. The maximum atomic E-state index is 13.7. The number of alkyl halides is 2. The fourth-order valence-corrected chi connectivity index (χ4v) is 4.57. The minimum absolute atomic E-state index is 0.00622. The highest BCUT2D eigenvalue weighted by atomic mass is 19.3. The van der Waals surface area contributed by atoms with Crippen molar-refractivity contribution in [1.29, 1.82) is 0 Å². The molecule has 2 fully saturated rings. The van der Waals surface area contributed by atoms with Crippen LogP contribution in [0.15, 0.2) is 34.9 Å². The highest BCUT2D eigenvalue weighted by Crippen LogP contribution is 2.53. The third-order valence-corrected chi connectivity index (χ3v) is 6.67. The fourth-order valence-electron chi connectivity index (χ4n) is 4.57. The number of rotatable bonds is 9. The molecule has 10 heteroatoms. The van der Waals surface area contributed by atoms with E-state index in [-0.39, 0.29) is 35.9 Å². The average molecular weight is 462 g/mol. The Bertz CT molecular complexity index is 1040. The minimum atomic E-state index is -2.73. The monoisotopic (exact) mass is 462 g/mol. The number of nitrogens with one attached hydrogen (secondary N) is 1. The Kier molecular flexibility index (Phi) is 6.24. The number of aromatic nitrogens is 2. The normalized spacial score (nSPS) is 24.9. The van der Waals surface area contributed by atoms with E-state index >= 15 is 0 Å². The van der Waals surface area contributed by atoms with Crippen LogP contribution in [-0.2, 0) is 19.7 Å². The number of methoxy groups -OCH3 is 2. The van der Waals surface area contributed by atoms with Crippen LogP contribution in [0, 0.1) is 6.92 Å². The van der Waals surface area contributed by atoms with E-state index in [0.717, 1.165) is 24.0 Å². The lowest BCUT2D eigenvalue weighted by molar-refractivity contribution is -0.181. The summed E-state index contributed by atoms with van der Waals surface area (Å²) in [5.74, 6) is -0.00822.